The summed E-state index contributed by atoms with van der Waals surface area (Å²) in [6.45, 7) is 6.44. The van der Waals surface area contributed by atoms with E-state index in [4.69, 9.17) is 14.2 Å². The van der Waals surface area contributed by atoms with Gasteiger partial charge in [0.1, 0.15) is 13.2 Å². The molecule has 0 N–H and O–H groups in total. The van der Waals surface area contributed by atoms with E-state index in [-0.39, 0.29) is 31.1 Å². The van der Waals surface area contributed by atoms with Crippen molar-refractivity contribution < 1.29 is 28.6 Å². The summed E-state index contributed by atoms with van der Waals surface area (Å²) in [5, 5.41) is 0. The second-order valence-electron chi connectivity index (χ2n) is 17.5. The minimum atomic E-state index is -0.802. The maximum atomic E-state index is 12.8. The van der Waals surface area contributed by atoms with Gasteiger partial charge in [0.15, 0.2) is 6.10 Å². The Bertz CT molecular complexity index is 1190. The number of esters is 3. The minimum absolute atomic E-state index is 0.0984. The molecule has 0 saturated heterocycles. The van der Waals surface area contributed by atoms with E-state index in [2.05, 4.69) is 57.2 Å². The minimum Gasteiger partial charge on any atom is -0.462 e. The number of unbranched alkanes of at least 4 members (excludes halogenated alkanes) is 27. The molecule has 0 aliphatic heterocycles. The Hall–Kier alpha value is -3.15. The predicted molar refractivity (Wildman–Crippen MR) is 270 cm³/mol. The highest BCUT2D eigenvalue weighted by molar-refractivity contribution is 5.71. The van der Waals surface area contributed by atoms with Crippen molar-refractivity contribution in [1.29, 1.82) is 0 Å². The molecular formula is C57H98O6. The van der Waals surface area contributed by atoms with Gasteiger partial charge in [0, 0.05) is 19.3 Å². The molecule has 0 spiro atoms. The molecule has 6 heteroatoms. The van der Waals surface area contributed by atoms with Gasteiger partial charge in [0.05, 0.1) is 0 Å². The molecule has 0 fully saturated rings. The maximum Gasteiger partial charge on any atom is 0.306 e. The van der Waals surface area contributed by atoms with E-state index >= 15 is 0 Å². The summed E-state index contributed by atoms with van der Waals surface area (Å²) < 4.78 is 16.8. The highest BCUT2D eigenvalue weighted by Gasteiger charge is 2.19. The first-order valence-electron chi connectivity index (χ1n) is 26.5. The molecule has 362 valence electrons. The summed E-state index contributed by atoms with van der Waals surface area (Å²) in [6.07, 6.45) is 64.6. The van der Waals surface area contributed by atoms with Crippen LogP contribution in [-0.2, 0) is 28.6 Å². The number of hydrogen-bond acceptors (Lipinski definition) is 6. The molecule has 0 aliphatic carbocycles. The third kappa shape index (κ3) is 49.7. The fraction of sp³-hybridized carbons (Fsp3) is 0.737. The molecule has 0 bridgehead atoms. The number of rotatable bonds is 47. The van der Waals surface area contributed by atoms with Crippen LogP contribution >= 0.6 is 0 Å². The molecule has 0 radical (unpaired) electrons. The number of hydrogen-bond donors (Lipinski definition) is 0. The number of carbonyl (C=O) groups is 3. The monoisotopic (exact) mass is 879 g/mol. The van der Waals surface area contributed by atoms with Crippen LogP contribution in [0.4, 0.5) is 0 Å². The van der Waals surface area contributed by atoms with Crippen molar-refractivity contribution in [2.45, 2.75) is 258 Å². The van der Waals surface area contributed by atoms with Gasteiger partial charge < -0.3 is 14.2 Å². The Kier molecular flexibility index (Phi) is 48.9. The first-order chi connectivity index (χ1) is 31.0. The van der Waals surface area contributed by atoms with Crippen LogP contribution in [0, 0.1) is 0 Å². The Morgan fingerprint density at radius 1 is 0.333 bits per heavy atom. The Morgan fingerprint density at radius 2 is 0.635 bits per heavy atom. The van der Waals surface area contributed by atoms with E-state index in [0.717, 1.165) is 89.9 Å². The second kappa shape index (κ2) is 51.5. The average molecular weight is 879 g/mol. The summed E-state index contributed by atoms with van der Waals surface area (Å²) in [5.41, 5.74) is 0. The van der Waals surface area contributed by atoms with Gasteiger partial charge in [-0.2, -0.15) is 0 Å². The van der Waals surface area contributed by atoms with Crippen molar-refractivity contribution in [2.24, 2.45) is 0 Å². The third-order valence-electron chi connectivity index (χ3n) is 11.3. The van der Waals surface area contributed by atoms with Crippen LogP contribution in [0.25, 0.3) is 0 Å². The molecule has 0 aliphatic rings. The zero-order valence-corrected chi connectivity index (χ0v) is 41.3. The van der Waals surface area contributed by atoms with Crippen LogP contribution in [-0.4, -0.2) is 37.2 Å². The molecule has 0 aromatic carbocycles. The van der Waals surface area contributed by atoms with E-state index in [0.29, 0.717) is 19.3 Å². The summed E-state index contributed by atoms with van der Waals surface area (Å²) in [5.74, 6) is -0.960. The molecule has 0 amide bonds. The molecule has 1 unspecified atom stereocenters. The molecule has 0 saturated carbocycles. The van der Waals surface area contributed by atoms with E-state index in [1.54, 1.807) is 0 Å². The van der Waals surface area contributed by atoms with Gasteiger partial charge in [-0.1, -0.05) is 216 Å². The largest absolute Gasteiger partial charge is 0.462 e. The smallest absolute Gasteiger partial charge is 0.306 e. The lowest BCUT2D eigenvalue weighted by molar-refractivity contribution is -0.167. The highest BCUT2D eigenvalue weighted by Crippen LogP contribution is 2.14. The van der Waals surface area contributed by atoms with Crippen molar-refractivity contribution >= 4 is 17.9 Å². The first kappa shape index (κ1) is 59.9. The lowest BCUT2D eigenvalue weighted by Gasteiger charge is -2.18. The van der Waals surface area contributed by atoms with Crippen LogP contribution in [0.2, 0.25) is 0 Å². The van der Waals surface area contributed by atoms with E-state index < -0.39 is 6.10 Å². The predicted octanol–water partition coefficient (Wildman–Crippen LogP) is 17.4. The number of carbonyl (C=O) groups excluding carboxylic acids is 3. The Labute approximate surface area is 389 Å². The maximum absolute atomic E-state index is 12.8. The fourth-order valence-electron chi connectivity index (χ4n) is 7.27. The number of allylic oxidation sites excluding steroid dienone is 12. The summed E-state index contributed by atoms with van der Waals surface area (Å²) in [4.78, 5) is 38.0. The van der Waals surface area contributed by atoms with Gasteiger partial charge in [-0.15, -0.1) is 0 Å². The summed E-state index contributed by atoms with van der Waals surface area (Å²) >= 11 is 0. The average Bonchev–Trinajstić information content (AvgIpc) is 3.28. The third-order valence-corrected chi connectivity index (χ3v) is 11.3. The van der Waals surface area contributed by atoms with Crippen molar-refractivity contribution in [2.75, 3.05) is 13.2 Å². The fourth-order valence-corrected chi connectivity index (χ4v) is 7.27. The SMILES string of the molecule is CC/C=C/C=C/C=C/C=C/CCCCCC(=O)OCC(COC(=O)CCCCCCC/C=C/CCCCCCCCCCC)OC(=O)CCCCC/C=C/CCCCCCCCC. The molecule has 0 aromatic heterocycles. The lowest BCUT2D eigenvalue weighted by Crippen LogP contribution is -2.30. The lowest BCUT2D eigenvalue weighted by atomic mass is 10.1. The van der Waals surface area contributed by atoms with Crippen molar-refractivity contribution in [3.8, 4) is 0 Å². The molecule has 1 atom stereocenters. The van der Waals surface area contributed by atoms with Crippen molar-refractivity contribution in [1.82, 2.24) is 0 Å². The van der Waals surface area contributed by atoms with Gasteiger partial charge in [-0.3, -0.25) is 14.4 Å². The molecular weight excluding hydrogens is 781 g/mol. The van der Waals surface area contributed by atoms with Gasteiger partial charge >= 0.3 is 17.9 Å². The van der Waals surface area contributed by atoms with Crippen molar-refractivity contribution in [3.63, 3.8) is 0 Å². The van der Waals surface area contributed by atoms with Gasteiger partial charge in [0.2, 0.25) is 0 Å². The number of ether oxygens (including phenoxy) is 3. The van der Waals surface area contributed by atoms with Crippen LogP contribution in [0.3, 0.4) is 0 Å². The van der Waals surface area contributed by atoms with Gasteiger partial charge in [0.25, 0.3) is 0 Å². The normalized spacial score (nSPS) is 12.6. The first-order valence-corrected chi connectivity index (χ1v) is 26.5. The standard InChI is InChI=1S/C57H98O6/c1-4-7-10-13-16-19-22-25-27-28-29-30-33-35-38-41-44-47-50-56(59)62-53-54(52-61-55(58)49-46-43-40-37-34-31-24-21-18-15-12-9-6-3)63-57(60)51-48-45-42-39-36-32-26-23-20-17-14-11-8-5-2/h9,12,15,18,21,24,29-32,34,36,54H,4-8,10-11,13-14,16-17,19-20,22-23,25-28,33,35,37-53H2,1-3H3/b12-9+,18-15+,24-21+,30-29+,34-31+,36-32+. The Balaban J connectivity index is 4.43. The van der Waals surface area contributed by atoms with E-state index in [1.807, 2.05) is 36.5 Å². The summed E-state index contributed by atoms with van der Waals surface area (Å²) in [6, 6.07) is 0. The van der Waals surface area contributed by atoms with Crippen LogP contribution < -0.4 is 0 Å². The zero-order chi connectivity index (χ0) is 45.8. The topological polar surface area (TPSA) is 78.9 Å². The molecule has 63 heavy (non-hydrogen) atoms. The second-order valence-corrected chi connectivity index (χ2v) is 17.5. The quantitative estimate of drug-likeness (QED) is 0.0199. The van der Waals surface area contributed by atoms with Crippen LogP contribution in [0.1, 0.15) is 252 Å². The Morgan fingerprint density at radius 3 is 1.03 bits per heavy atom. The van der Waals surface area contributed by atoms with E-state index in [1.165, 1.54) is 122 Å². The summed E-state index contributed by atoms with van der Waals surface area (Å²) in [7, 11) is 0. The molecule has 0 rings (SSSR count). The van der Waals surface area contributed by atoms with Gasteiger partial charge in [-0.25, -0.2) is 0 Å². The van der Waals surface area contributed by atoms with Gasteiger partial charge in [-0.05, 0) is 89.9 Å². The van der Waals surface area contributed by atoms with Crippen molar-refractivity contribution in [3.05, 3.63) is 72.9 Å². The van der Waals surface area contributed by atoms with E-state index in [9.17, 15) is 14.4 Å². The molecule has 6 nitrogen and oxygen atoms in total. The molecule has 0 heterocycles. The van der Waals surface area contributed by atoms with Crippen LogP contribution in [0.5, 0.6) is 0 Å². The molecule has 0 aromatic rings. The highest BCUT2D eigenvalue weighted by atomic mass is 16.6. The zero-order valence-electron chi connectivity index (χ0n) is 41.3. The van der Waals surface area contributed by atoms with Crippen LogP contribution in [0.15, 0.2) is 72.9 Å².